The van der Waals surface area contributed by atoms with Crippen LogP contribution in [0.2, 0.25) is 0 Å². The maximum Gasteiger partial charge on any atom is 0.314 e. The topological polar surface area (TPSA) is 52.6 Å². The van der Waals surface area contributed by atoms with Gasteiger partial charge in [0.1, 0.15) is 17.3 Å². The molecular weight excluding hydrogens is 359 g/mol. The highest BCUT2D eigenvalue weighted by atomic mass is 19.1. The van der Waals surface area contributed by atoms with E-state index in [4.69, 9.17) is 9.47 Å². The van der Waals surface area contributed by atoms with Crippen LogP contribution in [0.5, 0.6) is 11.5 Å². The summed E-state index contributed by atoms with van der Waals surface area (Å²) in [4.78, 5) is 25.1. The zero-order chi connectivity index (χ0) is 19.7. The summed E-state index contributed by atoms with van der Waals surface area (Å²) in [7, 11) is 0. The number of allylic oxidation sites excluding steroid dienone is 1. The van der Waals surface area contributed by atoms with Gasteiger partial charge in [-0.05, 0) is 55.7 Å². The van der Waals surface area contributed by atoms with Crippen LogP contribution >= 0.6 is 0 Å². The van der Waals surface area contributed by atoms with Crippen LogP contribution in [-0.4, -0.2) is 11.8 Å². The van der Waals surface area contributed by atoms with Gasteiger partial charge in [0.05, 0.1) is 11.5 Å². The first kappa shape index (κ1) is 18.4. The number of carbonyl (C=O) groups excluding carboxylic acids is 2. The maximum atomic E-state index is 13.1. The molecule has 1 heterocycles. The molecule has 28 heavy (non-hydrogen) atoms. The molecule has 4 nitrogen and oxygen atoms in total. The van der Waals surface area contributed by atoms with Crippen molar-refractivity contribution in [3.63, 3.8) is 0 Å². The van der Waals surface area contributed by atoms with Crippen LogP contribution in [0.1, 0.15) is 53.6 Å². The molecule has 0 bridgehead atoms. The Morgan fingerprint density at radius 1 is 1.11 bits per heavy atom. The number of ether oxygens (including phenoxy) is 2. The predicted molar refractivity (Wildman–Crippen MR) is 103 cm³/mol. The molecule has 0 aromatic heterocycles. The fourth-order valence-electron chi connectivity index (χ4n) is 3.72. The molecule has 0 atom stereocenters. The van der Waals surface area contributed by atoms with Gasteiger partial charge in [0, 0.05) is 5.56 Å². The third-order valence-corrected chi connectivity index (χ3v) is 5.35. The summed E-state index contributed by atoms with van der Waals surface area (Å²) in [6.07, 6.45) is 6.58. The zero-order valence-corrected chi connectivity index (χ0v) is 15.7. The lowest BCUT2D eigenvalue weighted by atomic mass is 9.89. The van der Waals surface area contributed by atoms with Gasteiger partial charge in [0.2, 0.25) is 5.78 Å². The Bertz CT molecular complexity index is 953. The van der Waals surface area contributed by atoms with Crippen molar-refractivity contribution in [1.29, 1.82) is 0 Å². The quantitative estimate of drug-likeness (QED) is 0.415. The van der Waals surface area contributed by atoms with Gasteiger partial charge in [0.15, 0.2) is 5.76 Å². The Balaban J connectivity index is 1.56. The fraction of sp³-hybridized carbons (Fsp3) is 0.304. The number of fused-ring (bicyclic) bond motifs is 1. The number of ketones is 1. The summed E-state index contributed by atoms with van der Waals surface area (Å²) in [5, 5.41) is 0. The van der Waals surface area contributed by atoms with E-state index in [2.05, 4.69) is 0 Å². The Morgan fingerprint density at radius 2 is 1.82 bits per heavy atom. The summed E-state index contributed by atoms with van der Waals surface area (Å²) < 4.78 is 24.5. The van der Waals surface area contributed by atoms with Crippen LogP contribution in [0.25, 0.3) is 6.08 Å². The van der Waals surface area contributed by atoms with Crippen LogP contribution in [0, 0.1) is 18.7 Å². The molecule has 1 aliphatic heterocycles. The number of hydrogen-bond acceptors (Lipinski definition) is 4. The minimum atomic E-state index is -0.343. The lowest BCUT2D eigenvalue weighted by Gasteiger charge is -2.20. The molecule has 4 rings (SSSR count). The van der Waals surface area contributed by atoms with Crippen molar-refractivity contribution in [2.24, 2.45) is 5.92 Å². The van der Waals surface area contributed by atoms with E-state index in [0.717, 1.165) is 25.7 Å². The van der Waals surface area contributed by atoms with Crippen molar-refractivity contribution in [3.05, 3.63) is 64.7 Å². The van der Waals surface area contributed by atoms with Crippen molar-refractivity contribution < 1.29 is 23.5 Å². The van der Waals surface area contributed by atoms with Crippen molar-refractivity contribution in [2.75, 3.05) is 0 Å². The molecule has 1 saturated carbocycles. The van der Waals surface area contributed by atoms with E-state index in [1.54, 1.807) is 37.3 Å². The summed E-state index contributed by atoms with van der Waals surface area (Å²) in [6.45, 7) is 1.77. The number of esters is 1. The average molecular weight is 380 g/mol. The number of carbonyl (C=O) groups is 2. The molecule has 2 aromatic carbocycles. The van der Waals surface area contributed by atoms with E-state index in [-0.39, 0.29) is 29.2 Å². The summed E-state index contributed by atoms with van der Waals surface area (Å²) in [5.41, 5.74) is 1.72. The molecule has 0 unspecified atom stereocenters. The van der Waals surface area contributed by atoms with E-state index in [0.29, 0.717) is 28.2 Å². The van der Waals surface area contributed by atoms with Gasteiger partial charge in [-0.3, -0.25) is 9.59 Å². The number of rotatable bonds is 3. The second-order valence-electron chi connectivity index (χ2n) is 7.31. The van der Waals surface area contributed by atoms with Gasteiger partial charge in [-0.25, -0.2) is 4.39 Å². The second kappa shape index (κ2) is 7.58. The van der Waals surface area contributed by atoms with E-state index in [1.165, 1.54) is 18.6 Å². The number of benzene rings is 2. The summed E-state index contributed by atoms with van der Waals surface area (Å²) in [6, 6.07) is 9.08. The minimum Gasteiger partial charge on any atom is -0.452 e. The van der Waals surface area contributed by atoms with Crippen LogP contribution in [0.3, 0.4) is 0 Å². The van der Waals surface area contributed by atoms with E-state index in [1.807, 2.05) is 0 Å². The number of hydrogen-bond donors (Lipinski definition) is 0. The third-order valence-electron chi connectivity index (χ3n) is 5.35. The molecule has 0 amide bonds. The first-order valence-electron chi connectivity index (χ1n) is 9.58. The van der Waals surface area contributed by atoms with Crippen molar-refractivity contribution in [1.82, 2.24) is 0 Å². The predicted octanol–water partition coefficient (Wildman–Crippen LogP) is 5.24. The van der Waals surface area contributed by atoms with Gasteiger partial charge in [-0.1, -0.05) is 31.4 Å². The highest BCUT2D eigenvalue weighted by Gasteiger charge is 2.31. The lowest BCUT2D eigenvalue weighted by molar-refractivity contribution is -0.140. The van der Waals surface area contributed by atoms with E-state index < -0.39 is 0 Å². The van der Waals surface area contributed by atoms with Crippen LogP contribution in [-0.2, 0) is 4.79 Å². The Kier molecular flexibility index (Phi) is 4.99. The first-order chi connectivity index (χ1) is 13.5. The van der Waals surface area contributed by atoms with Crippen LogP contribution in [0.4, 0.5) is 4.39 Å². The molecule has 0 N–H and O–H groups in total. The fourth-order valence-corrected chi connectivity index (χ4v) is 3.72. The first-order valence-corrected chi connectivity index (χ1v) is 9.58. The molecule has 1 aliphatic carbocycles. The van der Waals surface area contributed by atoms with E-state index >= 15 is 0 Å². The molecule has 1 fully saturated rings. The molecule has 5 heteroatoms. The van der Waals surface area contributed by atoms with Crippen molar-refractivity contribution in [3.8, 4) is 11.5 Å². The number of Topliss-reactive ketones (excluding diaryl/α,β-unsaturated/α-hetero) is 1. The highest BCUT2D eigenvalue weighted by Crippen LogP contribution is 2.39. The normalized spacial score (nSPS) is 18.1. The standard InChI is InChI=1S/C23H21FO4/c1-14-19(28-23(26)16-5-3-2-4-6-16)12-11-18-21(25)20(27-22(14)18)13-15-7-9-17(24)10-8-15/h7-13,16H,2-6H2,1H3/b20-13-. The molecule has 0 spiro atoms. The highest BCUT2D eigenvalue weighted by molar-refractivity contribution is 6.15. The lowest BCUT2D eigenvalue weighted by Crippen LogP contribution is -2.23. The Morgan fingerprint density at radius 3 is 2.54 bits per heavy atom. The molecular formula is C23H21FO4. The van der Waals surface area contributed by atoms with Crippen LogP contribution < -0.4 is 9.47 Å². The maximum absolute atomic E-state index is 13.1. The molecule has 2 aromatic rings. The smallest absolute Gasteiger partial charge is 0.314 e. The minimum absolute atomic E-state index is 0.0575. The van der Waals surface area contributed by atoms with Crippen molar-refractivity contribution in [2.45, 2.75) is 39.0 Å². The SMILES string of the molecule is Cc1c(OC(=O)C2CCCCC2)ccc2c1O/C(=C\c1ccc(F)cc1)C2=O. The molecule has 144 valence electrons. The second-order valence-corrected chi connectivity index (χ2v) is 7.31. The van der Waals surface area contributed by atoms with Gasteiger partial charge in [-0.15, -0.1) is 0 Å². The zero-order valence-electron chi connectivity index (χ0n) is 15.7. The van der Waals surface area contributed by atoms with Gasteiger partial charge < -0.3 is 9.47 Å². The van der Waals surface area contributed by atoms with Gasteiger partial charge in [0.25, 0.3) is 0 Å². The average Bonchev–Trinajstić information content (AvgIpc) is 3.03. The molecule has 2 aliphatic rings. The van der Waals surface area contributed by atoms with E-state index in [9.17, 15) is 14.0 Å². The summed E-state index contributed by atoms with van der Waals surface area (Å²) in [5.74, 6) is 0.141. The Labute approximate surface area is 163 Å². The van der Waals surface area contributed by atoms with Gasteiger partial charge in [-0.2, -0.15) is 0 Å². The largest absolute Gasteiger partial charge is 0.452 e. The monoisotopic (exact) mass is 380 g/mol. The third kappa shape index (κ3) is 3.57. The van der Waals surface area contributed by atoms with Crippen LogP contribution in [0.15, 0.2) is 42.2 Å². The Hall–Kier alpha value is -2.95. The summed E-state index contributed by atoms with van der Waals surface area (Å²) >= 11 is 0. The molecule has 0 radical (unpaired) electrons. The van der Waals surface area contributed by atoms with Crippen molar-refractivity contribution >= 4 is 17.8 Å². The molecule has 0 saturated heterocycles. The number of halogens is 1. The van der Waals surface area contributed by atoms with Gasteiger partial charge >= 0.3 is 5.97 Å².